The van der Waals surface area contributed by atoms with Gasteiger partial charge in [0.25, 0.3) is 0 Å². The second kappa shape index (κ2) is 8.63. The second-order valence-electron chi connectivity index (χ2n) is 8.35. The number of hydrogen-bond acceptors (Lipinski definition) is 4. The molecular weight excluding hydrogens is 398 g/mol. The Bertz CT molecular complexity index is 1010. The van der Waals surface area contributed by atoms with Gasteiger partial charge in [-0.15, -0.1) is 11.3 Å². The molecular formula is C24H28ClN3S. The number of thiazole rings is 1. The molecule has 0 atom stereocenters. The van der Waals surface area contributed by atoms with E-state index in [-0.39, 0.29) is 0 Å². The van der Waals surface area contributed by atoms with E-state index >= 15 is 0 Å². The highest BCUT2D eigenvalue weighted by Gasteiger charge is 2.19. The van der Waals surface area contributed by atoms with E-state index in [1.54, 1.807) is 0 Å². The number of halogens is 1. The smallest absolute Gasteiger partial charge is 0.0969 e. The Kier molecular flexibility index (Phi) is 5.76. The third-order valence-electron chi connectivity index (χ3n) is 6.38. The van der Waals surface area contributed by atoms with E-state index in [0.717, 1.165) is 48.7 Å². The molecule has 0 unspecified atom stereocenters. The average Bonchev–Trinajstić information content (AvgIpc) is 3.03. The number of hydrogen-bond donors (Lipinski definition) is 2. The van der Waals surface area contributed by atoms with Crippen LogP contribution in [0.25, 0.3) is 10.2 Å². The predicted molar refractivity (Wildman–Crippen MR) is 125 cm³/mol. The lowest BCUT2D eigenvalue weighted by atomic mass is 9.90. The topological polar surface area (TPSA) is 37.0 Å². The highest BCUT2D eigenvalue weighted by atomic mass is 35.5. The predicted octanol–water partition coefficient (Wildman–Crippen LogP) is 6.30. The summed E-state index contributed by atoms with van der Waals surface area (Å²) in [4.78, 5) is 4.95. The Labute approximate surface area is 181 Å². The summed E-state index contributed by atoms with van der Waals surface area (Å²) >= 11 is 8.47. The normalized spacial score (nSPS) is 17.8. The fourth-order valence-electron chi connectivity index (χ4n) is 4.75. The largest absolute Gasteiger partial charge is 0.380 e. The lowest BCUT2D eigenvalue weighted by Gasteiger charge is -2.18. The highest BCUT2D eigenvalue weighted by Crippen LogP contribution is 2.37. The molecule has 3 nitrogen and oxygen atoms in total. The molecule has 1 aliphatic heterocycles. The third kappa shape index (κ3) is 4.16. The third-order valence-corrected chi connectivity index (χ3v) is 7.87. The van der Waals surface area contributed by atoms with Crippen molar-refractivity contribution in [2.45, 2.75) is 57.4 Å². The number of nitrogens with zero attached hydrogens (tertiary/aromatic N) is 1. The monoisotopic (exact) mass is 425 g/mol. The zero-order valence-corrected chi connectivity index (χ0v) is 18.3. The summed E-state index contributed by atoms with van der Waals surface area (Å²) < 4.78 is 1.31. The van der Waals surface area contributed by atoms with Gasteiger partial charge in [-0.05, 0) is 73.7 Å². The minimum atomic E-state index is 0.676. The van der Waals surface area contributed by atoms with Crippen LogP contribution in [-0.2, 0) is 19.4 Å². The van der Waals surface area contributed by atoms with Crippen LogP contribution in [0.15, 0.2) is 30.3 Å². The summed E-state index contributed by atoms with van der Waals surface area (Å²) in [6.07, 6.45) is 8.80. The molecule has 152 valence electrons. The minimum Gasteiger partial charge on any atom is -0.380 e. The van der Waals surface area contributed by atoms with Gasteiger partial charge in [-0.25, -0.2) is 4.98 Å². The van der Waals surface area contributed by atoms with E-state index in [1.807, 2.05) is 17.4 Å². The van der Waals surface area contributed by atoms with Crippen LogP contribution in [0.5, 0.6) is 0 Å². The maximum atomic E-state index is 6.57. The zero-order valence-electron chi connectivity index (χ0n) is 16.8. The van der Waals surface area contributed by atoms with Gasteiger partial charge in [0.15, 0.2) is 0 Å². The number of fused-ring (bicyclic) bond motifs is 2. The van der Waals surface area contributed by atoms with Gasteiger partial charge in [-0.3, -0.25) is 0 Å². The lowest BCUT2D eigenvalue weighted by molar-refractivity contribution is 0.443. The summed E-state index contributed by atoms with van der Waals surface area (Å²) in [5.41, 5.74) is 6.34. The van der Waals surface area contributed by atoms with Crippen molar-refractivity contribution in [3.63, 3.8) is 0 Å². The van der Waals surface area contributed by atoms with Crippen molar-refractivity contribution in [1.29, 1.82) is 0 Å². The Morgan fingerprint density at radius 1 is 1.07 bits per heavy atom. The number of anilines is 1. The Morgan fingerprint density at radius 3 is 2.83 bits per heavy atom. The number of rotatable bonds is 4. The number of aromatic nitrogens is 1. The molecule has 29 heavy (non-hydrogen) atoms. The van der Waals surface area contributed by atoms with Crippen molar-refractivity contribution in [2.75, 3.05) is 18.4 Å². The molecule has 1 aromatic heterocycles. The first-order valence-corrected chi connectivity index (χ1v) is 12.1. The van der Waals surface area contributed by atoms with Gasteiger partial charge in [0.05, 0.1) is 25.9 Å². The molecule has 3 aromatic rings. The molecule has 5 rings (SSSR count). The Hall–Kier alpha value is -1.62. The quantitative estimate of drug-likeness (QED) is 0.515. The van der Waals surface area contributed by atoms with Crippen molar-refractivity contribution in [1.82, 2.24) is 10.3 Å². The summed E-state index contributed by atoms with van der Waals surface area (Å²) in [6, 6.07) is 10.9. The van der Waals surface area contributed by atoms with E-state index in [2.05, 4.69) is 34.9 Å². The molecule has 2 heterocycles. The molecule has 0 radical (unpaired) electrons. The van der Waals surface area contributed by atoms with Gasteiger partial charge in [-0.2, -0.15) is 0 Å². The molecule has 0 spiro atoms. The number of benzene rings is 2. The van der Waals surface area contributed by atoms with E-state index in [0.29, 0.717) is 5.92 Å². The van der Waals surface area contributed by atoms with Gasteiger partial charge >= 0.3 is 0 Å². The second-order valence-corrected chi connectivity index (χ2v) is 9.82. The first-order valence-electron chi connectivity index (χ1n) is 10.9. The molecule has 5 heteroatoms. The van der Waals surface area contributed by atoms with E-state index in [4.69, 9.17) is 16.6 Å². The van der Waals surface area contributed by atoms with Crippen molar-refractivity contribution in [3.8, 4) is 0 Å². The standard InChI is InChI=1S/C24H28ClN3S/c25-20-8-7-17-10-12-26-13-11-19(17)23(20)27-15-16-6-9-21-22(14-16)29-24(28-21)18-4-2-1-3-5-18/h6-9,14,18,26-27H,1-5,10-13,15H2. The van der Waals surface area contributed by atoms with Gasteiger partial charge in [0.1, 0.15) is 0 Å². The van der Waals surface area contributed by atoms with Gasteiger partial charge in [0.2, 0.25) is 0 Å². The summed E-state index contributed by atoms with van der Waals surface area (Å²) in [6.45, 7) is 2.84. The van der Waals surface area contributed by atoms with Crippen LogP contribution in [0, 0.1) is 0 Å². The fraction of sp³-hybridized carbons (Fsp3) is 0.458. The number of nitrogens with one attached hydrogen (secondary N) is 2. The van der Waals surface area contributed by atoms with Gasteiger partial charge < -0.3 is 10.6 Å². The van der Waals surface area contributed by atoms with Crippen LogP contribution in [0.3, 0.4) is 0 Å². The molecule has 0 bridgehead atoms. The van der Waals surface area contributed by atoms with Gasteiger partial charge in [0, 0.05) is 12.5 Å². The van der Waals surface area contributed by atoms with Crippen molar-refractivity contribution >= 4 is 38.8 Å². The van der Waals surface area contributed by atoms with Gasteiger partial charge in [-0.1, -0.05) is 43.0 Å². The molecule has 2 N–H and O–H groups in total. The average molecular weight is 426 g/mol. The van der Waals surface area contributed by atoms with Crippen LogP contribution in [-0.4, -0.2) is 18.1 Å². The lowest BCUT2D eigenvalue weighted by Crippen LogP contribution is -2.16. The van der Waals surface area contributed by atoms with Crippen LogP contribution in [0.1, 0.15) is 59.7 Å². The summed E-state index contributed by atoms with van der Waals surface area (Å²) in [5.74, 6) is 0.676. The van der Waals surface area contributed by atoms with Crippen LogP contribution in [0.4, 0.5) is 5.69 Å². The molecule has 1 saturated carbocycles. The molecule has 1 aliphatic carbocycles. The maximum Gasteiger partial charge on any atom is 0.0969 e. The first kappa shape index (κ1) is 19.3. The Morgan fingerprint density at radius 2 is 1.93 bits per heavy atom. The van der Waals surface area contributed by atoms with E-state index < -0.39 is 0 Å². The molecule has 0 saturated heterocycles. The fourth-order valence-corrected chi connectivity index (χ4v) is 6.19. The Balaban J connectivity index is 1.36. The van der Waals surface area contributed by atoms with Crippen molar-refractivity contribution in [3.05, 3.63) is 57.1 Å². The van der Waals surface area contributed by atoms with Crippen molar-refractivity contribution in [2.24, 2.45) is 0 Å². The molecule has 2 aliphatic rings. The summed E-state index contributed by atoms with van der Waals surface area (Å²) in [5, 5.41) is 9.30. The van der Waals surface area contributed by atoms with Crippen molar-refractivity contribution < 1.29 is 0 Å². The summed E-state index contributed by atoms with van der Waals surface area (Å²) in [7, 11) is 0. The van der Waals surface area contributed by atoms with E-state index in [1.165, 1.54) is 58.5 Å². The SMILES string of the molecule is Clc1ccc2c(c1NCc1ccc3nc(C4CCCCC4)sc3c1)CCNCC2. The van der Waals surface area contributed by atoms with Crippen LogP contribution >= 0.6 is 22.9 Å². The molecule has 2 aromatic carbocycles. The van der Waals surface area contributed by atoms with E-state index in [9.17, 15) is 0 Å². The molecule has 1 fully saturated rings. The zero-order chi connectivity index (χ0) is 19.6. The van der Waals surface area contributed by atoms with Crippen LogP contribution in [0.2, 0.25) is 5.02 Å². The maximum absolute atomic E-state index is 6.57. The van der Waals surface area contributed by atoms with Crippen LogP contribution < -0.4 is 10.6 Å². The first-order chi connectivity index (χ1) is 14.3. The molecule has 0 amide bonds. The minimum absolute atomic E-state index is 0.676. The highest BCUT2D eigenvalue weighted by molar-refractivity contribution is 7.18.